The molecule has 0 aliphatic carbocycles. The van der Waals surface area contributed by atoms with Gasteiger partial charge in [-0.05, 0) is 17.3 Å². The zero-order chi connectivity index (χ0) is 13.8. The molecule has 0 saturated heterocycles. The van der Waals surface area contributed by atoms with E-state index in [4.69, 9.17) is 0 Å². The quantitative estimate of drug-likeness (QED) is 0.444. The summed E-state index contributed by atoms with van der Waals surface area (Å²) in [5.74, 6) is -0.276. The van der Waals surface area contributed by atoms with Gasteiger partial charge in [-0.2, -0.15) is 0 Å². The summed E-state index contributed by atoms with van der Waals surface area (Å²) in [4.78, 5) is 11.8. The van der Waals surface area contributed by atoms with E-state index >= 15 is 0 Å². The molecule has 1 atom stereocenters. The monoisotopic (exact) mass is 403 g/mol. The molecule has 1 rings (SSSR count). The maximum atomic E-state index is 11.8. The standard InChI is InChI=1S/C9H14IN3O3S2/c1-6(4-3-5-10)7(14)11-8-12-13-9(17-8)18(2,15)16/h6H,3-5H2,1-2H3,(H,11,12,14). The number of nitrogens with zero attached hydrogens (tertiary/aromatic N) is 2. The van der Waals surface area contributed by atoms with Crippen LogP contribution in [-0.2, 0) is 14.6 Å². The predicted octanol–water partition coefficient (Wildman–Crippen LogP) is 1.73. The van der Waals surface area contributed by atoms with Crippen molar-refractivity contribution in [2.75, 3.05) is 16.0 Å². The van der Waals surface area contributed by atoms with Gasteiger partial charge in [0.2, 0.25) is 25.2 Å². The Labute approximate surface area is 124 Å². The summed E-state index contributed by atoms with van der Waals surface area (Å²) in [5, 5.41) is 9.97. The number of carbonyl (C=O) groups is 1. The molecule has 1 aromatic rings. The first-order valence-electron chi connectivity index (χ1n) is 5.25. The van der Waals surface area contributed by atoms with Crippen molar-refractivity contribution in [3.63, 3.8) is 0 Å². The summed E-state index contributed by atoms with van der Waals surface area (Å²) in [7, 11) is -3.36. The lowest BCUT2D eigenvalue weighted by Crippen LogP contribution is -2.20. The Bertz CT molecular complexity index is 515. The van der Waals surface area contributed by atoms with Gasteiger partial charge in [0.25, 0.3) is 0 Å². The van der Waals surface area contributed by atoms with Crippen molar-refractivity contribution in [3.05, 3.63) is 0 Å². The third-order valence-corrected chi connectivity index (χ3v) is 5.44. The molecule has 102 valence electrons. The Morgan fingerprint density at radius 1 is 1.50 bits per heavy atom. The first-order valence-corrected chi connectivity index (χ1v) is 9.48. The number of amides is 1. The van der Waals surface area contributed by atoms with Gasteiger partial charge in [-0.3, -0.25) is 4.79 Å². The van der Waals surface area contributed by atoms with E-state index in [1.165, 1.54) is 0 Å². The number of halogens is 1. The lowest BCUT2D eigenvalue weighted by molar-refractivity contribution is -0.119. The van der Waals surface area contributed by atoms with Crippen LogP contribution in [0, 0.1) is 5.92 Å². The molecule has 1 heterocycles. The first-order chi connectivity index (χ1) is 8.34. The minimum absolute atomic E-state index is 0.0854. The molecule has 0 radical (unpaired) electrons. The fourth-order valence-corrected chi connectivity index (χ4v) is 3.11. The number of carbonyl (C=O) groups excluding carboxylic acids is 1. The molecule has 0 aromatic carbocycles. The maximum absolute atomic E-state index is 11.8. The van der Waals surface area contributed by atoms with Crippen LogP contribution in [0.15, 0.2) is 4.34 Å². The van der Waals surface area contributed by atoms with Crippen molar-refractivity contribution < 1.29 is 13.2 Å². The average molecular weight is 403 g/mol. The topological polar surface area (TPSA) is 89.0 Å². The third kappa shape index (κ3) is 4.76. The van der Waals surface area contributed by atoms with Crippen molar-refractivity contribution in [3.8, 4) is 0 Å². The molecule has 0 spiro atoms. The molecule has 1 aromatic heterocycles. The Morgan fingerprint density at radius 2 is 2.17 bits per heavy atom. The summed E-state index contributed by atoms with van der Waals surface area (Å²) in [5.41, 5.74) is 0. The first kappa shape index (κ1) is 15.8. The number of nitrogens with one attached hydrogen (secondary N) is 1. The highest BCUT2D eigenvalue weighted by atomic mass is 127. The van der Waals surface area contributed by atoms with Gasteiger partial charge in [0.05, 0.1) is 0 Å². The van der Waals surface area contributed by atoms with E-state index in [0.29, 0.717) is 0 Å². The van der Waals surface area contributed by atoms with Crippen molar-refractivity contribution in [2.45, 2.75) is 24.1 Å². The smallest absolute Gasteiger partial charge is 0.234 e. The van der Waals surface area contributed by atoms with E-state index in [1.807, 2.05) is 6.92 Å². The Hall–Kier alpha value is -0.290. The number of hydrogen-bond acceptors (Lipinski definition) is 6. The molecule has 1 amide bonds. The molecule has 0 bridgehead atoms. The van der Waals surface area contributed by atoms with Gasteiger partial charge < -0.3 is 5.32 Å². The van der Waals surface area contributed by atoms with Crippen LogP contribution in [0.25, 0.3) is 0 Å². The summed E-state index contributed by atoms with van der Waals surface area (Å²) in [6.45, 7) is 1.83. The second-order valence-electron chi connectivity index (χ2n) is 3.87. The Balaban J connectivity index is 2.63. The molecule has 9 heteroatoms. The molecule has 6 nitrogen and oxygen atoms in total. The fourth-order valence-electron chi connectivity index (χ4n) is 1.15. The largest absolute Gasteiger partial charge is 0.300 e. The van der Waals surface area contributed by atoms with Gasteiger partial charge in [-0.15, -0.1) is 10.2 Å². The van der Waals surface area contributed by atoms with Crippen molar-refractivity contribution in [1.82, 2.24) is 10.2 Å². The predicted molar refractivity (Wildman–Crippen MR) is 78.9 cm³/mol. The van der Waals surface area contributed by atoms with Crippen LogP contribution in [-0.4, -0.2) is 35.2 Å². The summed E-state index contributed by atoms with van der Waals surface area (Å²) >= 11 is 3.13. The second-order valence-corrected chi connectivity index (χ2v) is 8.11. The maximum Gasteiger partial charge on any atom is 0.234 e. The minimum Gasteiger partial charge on any atom is -0.300 e. The highest BCUT2D eigenvalue weighted by molar-refractivity contribution is 14.1. The molecule has 0 aliphatic heterocycles. The number of anilines is 1. The zero-order valence-electron chi connectivity index (χ0n) is 10.0. The second kappa shape index (κ2) is 6.75. The third-order valence-electron chi connectivity index (χ3n) is 2.17. The van der Waals surface area contributed by atoms with Gasteiger partial charge in [-0.1, -0.05) is 40.9 Å². The van der Waals surface area contributed by atoms with E-state index in [0.717, 1.165) is 34.9 Å². The van der Waals surface area contributed by atoms with Gasteiger partial charge in [0.1, 0.15) is 0 Å². The number of alkyl halides is 1. The SMILES string of the molecule is CC(CCCI)C(=O)Nc1nnc(S(C)(=O)=O)s1. The van der Waals surface area contributed by atoms with Crippen LogP contribution in [0.5, 0.6) is 0 Å². The molecule has 0 saturated carbocycles. The fraction of sp³-hybridized carbons (Fsp3) is 0.667. The average Bonchev–Trinajstić information content (AvgIpc) is 2.73. The van der Waals surface area contributed by atoms with Crippen molar-refractivity contribution in [2.24, 2.45) is 5.92 Å². The van der Waals surface area contributed by atoms with Crippen molar-refractivity contribution in [1.29, 1.82) is 0 Å². The minimum atomic E-state index is -3.36. The summed E-state index contributed by atoms with van der Waals surface area (Å²) < 4.78 is 23.3. The van der Waals surface area contributed by atoms with E-state index in [-0.39, 0.29) is 21.3 Å². The van der Waals surface area contributed by atoms with Gasteiger partial charge in [0.15, 0.2) is 0 Å². The molecule has 1 N–H and O–H groups in total. The van der Waals surface area contributed by atoms with Gasteiger partial charge in [-0.25, -0.2) is 8.42 Å². The van der Waals surface area contributed by atoms with E-state index in [1.54, 1.807) is 0 Å². The molecule has 18 heavy (non-hydrogen) atoms. The van der Waals surface area contributed by atoms with E-state index in [2.05, 4.69) is 38.1 Å². The van der Waals surface area contributed by atoms with Gasteiger partial charge >= 0.3 is 0 Å². The highest BCUT2D eigenvalue weighted by Crippen LogP contribution is 2.20. The normalized spacial score (nSPS) is 13.3. The molecular formula is C9H14IN3O3S2. The highest BCUT2D eigenvalue weighted by Gasteiger charge is 2.18. The summed E-state index contributed by atoms with van der Waals surface area (Å²) in [6.07, 6.45) is 2.83. The van der Waals surface area contributed by atoms with E-state index < -0.39 is 9.84 Å². The molecule has 1 unspecified atom stereocenters. The van der Waals surface area contributed by atoms with Crippen molar-refractivity contribution >= 4 is 54.8 Å². The van der Waals surface area contributed by atoms with E-state index in [9.17, 15) is 13.2 Å². The zero-order valence-corrected chi connectivity index (χ0v) is 13.8. The molecular weight excluding hydrogens is 389 g/mol. The Kier molecular flexibility index (Phi) is 5.92. The van der Waals surface area contributed by atoms with Crippen LogP contribution < -0.4 is 5.32 Å². The Morgan fingerprint density at radius 3 is 2.67 bits per heavy atom. The molecule has 0 aliphatic rings. The molecule has 0 fully saturated rings. The lowest BCUT2D eigenvalue weighted by atomic mass is 10.1. The van der Waals surface area contributed by atoms with Crippen LogP contribution in [0.3, 0.4) is 0 Å². The number of hydrogen-bond donors (Lipinski definition) is 1. The van der Waals surface area contributed by atoms with Crippen LogP contribution in [0.2, 0.25) is 0 Å². The summed E-state index contributed by atoms with van der Waals surface area (Å²) in [6, 6.07) is 0. The number of rotatable bonds is 6. The number of aromatic nitrogens is 2. The van der Waals surface area contributed by atoms with Gasteiger partial charge in [0, 0.05) is 12.2 Å². The van der Waals surface area contributed by atoms with Crippen LogP contribution >= 0.6 is 33.9 Å². The van der Waals surface area contributed by atoms with Crippen LogP contribution in [0.4, 0.5) is 5.13 Å². The van der Waals surface area contributed by atoms with Crippen LogP contribution in [0.1, 0.15) is 19.8 Å². The number of sulfone groups is 1. The lowest BCUT2D eigenvalue weighted by Gasteiger charge is -2.08.